The van der Waals surface area contributed by atoms with Gasteiger partial charge in [0.15, 0.2) is 6.61 Å². The minimum atomic E-state index is -0.324. The fraction of sp³-hybridized carbons (Fsp3) is 0.192. The molecule has 0 heterocycles. The molecule has 1 N–H and O–H groups in total. The lowest BCUT2D eigenvalue weighted by molar-refractivity contribution is -0.120. The molecule has 0 saturated carbocycles. The minimum Gasteiger partial charge on any atom is -0.483 e. The van der Waals surface area contributed by atoms with Gasteiger partial charge in [-0.15, -0.1) is 0 Å². The van der Waals surface area contributed by atoms with Crippen LogP contribution in [0.4, 0.5) is 11.4 Å². The van der Waals surface area contributed by atoms with E-state index in [2.05, 4.69) is 11.4 Å². The number of rotatable bonds is 8. The van der Waals surface area contributed by atoms with Gasteiger partial charge < -0.3 is 15.0 Å². The summed E-state index contributed by atoms with van der Waals surface area (Å²) in [7, 11) is 0. The Morgan fingerprint density at radius 3 is 2.41 bits per heavy atom. The molecule has 0 bridgehead atoms. The number of amides is 2. The van der Waals surface area contributed by atoms with Gasteiger partial charge in [-0.25, -0.2) is 0 Å². The highest BCUT2D eigenvalue weighted by Gasteiger charge is 2.19. The molecule has 0 aliphatic rings. The monoisotopic (exact) mass is 427 g/mol. The van der Waals surface area contributed by atoms with Gasteiger partial charge >= 0.3 is 0 Å². The number of aryl methyl sites for hydroxylation is 2. The van der Waals surface area contributed by atoms with Gasteiger partial charge in [-0.3, -0.25) is 9.59 Å². The van der Waals surface area contributed by atoms with Crippen LogP contribution in [0.3, 0.4) is 0 Å². The summed E-state index contributed by atoms with van der Waals surface area (Å²) in [4.78, 5) is 27.2. The third-order valence-corrected chi connectivity index (χ3v) is 5.06. The molecule has 32 heavy (non-hydrogen) atoms. The number of hydrogen-bond acceptors (Lipinski definition) is 4. The van der Waals surface area contributed by atoms with Gasteiger partial charge in [0.05, 0.1) is 18.1 Å². The molecule has 6 heteroatoms. The summed E-state index contributed by atoms with van der Waals surface area (Å²) < 4.78 is 5.76. The van der Waals surface area contributed by atoms with Crippen LogP contribution in [-0.4, -0.2) is 25.0 Å². The van der Waals surface area contributed by atoms with Crippen molar-refractivity contribution in [3.63, 3.8) is 0 Å². The average molecular weight is 428 g/mol. The van der Waals surface area contributed by atoms with Crippen molar-refractivity contribution >= 4 is 23.2 Å². The Balaban J connectivity index is 1.74. The first kappa shape index (κ1) is 22.6. The fourth-order valence-electron chi connectivity index (χ4n) is 3.17. The number of hydrogen-bond donors (Lipinski definition) is 1. The zero-order valence-corrected chi connectivity index (χ0v) is 18.2. The quantitative estimate of drug-likeness (QED) is 0.555. The van der Waals surface area contributed by atoms with Crippen LogP contribution >= 0.6 is 0 Å². The summed E-state index contributed by atoms with van der Waals surface area (Å²) in [5.41, 5.74) is 3.89. The molecule has 0 aliphatic carbocycles. The number of nitrogens with zero attached hydrogens (tertiary/aromatic N) is 2. The average Bonchev–Trinajstić information content (AvgIpc) is 2.81. The molecule has 0 aromatic heterocycles. The molecule has 3 rings (SSSR count). The Bertz CT molecular complexity index is 1140. The van der Waals surface area contributed by atoms with Crippen LogP contribution in [0.5, 0.6) is 5.75 Å². The number of carbonyl (C=O) groups is 2. The van der Waals surface area contributed by atoms with Crippen molar-refractivity contribution in [2.24, 2.45) is 0 Å². The first-order valence-corrected chi connectivity index (χ1v) is 10.3. The first-order chi connectivity index (χ1) is 15.5. The van der Waals surface area contributed by atoms with E-state index in [9.17, 15) is 9.59 Å². The normalized spacial score (nSPS) is 10.2. The smallest absolute Gasteiger partial charge is 0.264 e. The first-order valence-electron chi connectivity index (χ1n) is 10.3. The standard InChI is InChI=1S/C26H25N3O3/c1-19-13-14-22(17-20(19)2)29(16-8-15-27)25(30)18-32-24-12-7-6-11-23(24)26(31)28-21-9-4-3-5-10-21/h3-7,9-14,17H,8,16,18H2,1-2H3,(H,28,31). The Morgan fingerprint density at radius 2 is 1.69 bits per heavy atom. The van der Waals surface area contributed by atoms with E-state index in [0.29, 0.717) is 22.7 Å². The predicted molar refractivity (Wildman–Crippen MR) is 125 cm³/mol. The van der Waals surface area contributed by atoms with Crippen LogP contribution in [0.2, 0.25) is 0 Å². The van der Waals surface area contributed by atoms with Crippen molar-refractivity contribution in [3.05, 3.63) is 89.5 Å². The lowest BCUT2D eigenvalue weighted by Crippen LogP contribution is -2.36. The maximum absolute atomic E-state index is 13.0. The van der Waals surface area contributed by atoms with Crippen LogP contribution < -0.4 is 15.0 Å². The number of benzene rings is 3. The molecule has 162 valence electrons. The summed E-state index contributed by atoms with van der Waals surface area (Å²) in [6, 6.07) is 23.7. The zero-order valence-electron chi connectivity index (χ0n) is 18.2. The van der Waals surface area contributed by atoms with E-state index in [1.54, 1.807) is 41.3 Å². The molecular formula is C26H25N3O3. The van der Waals surface area contributed by atoms with E-state index in [1.807, 2.05) is 50.2 Å². The van der Waals surface area contributed by atoms with Crippen LogP contribution in [0.25, 0.3) is 0 Å². The van der Waals surface area contributed by atoms with Gasteiger partial charge in [-0.05, 0) is 61.4 Å². The number of ether oxygens (including phenoxy) is 1. The second kappa shape index (κ2) is 10.8. The highest BCUT2D eigenvalue weighted by molar-refractivity contribution is 6.06. The zero-order chi connectivity index (χ0) is 22.9. The van der Waals surface area contributed by atoms with Crippen LogP contribution in [0.1, 0.15) is 27.9 Å². The molecule has 0 saturated heterocycles. The molecule has 0 radical (unpaired) electrons. The van der Waals surface area contributed by atoms with Crippen molar-refractivity contribution < 1.29 is 14.3 Å². The van der Waals surface area contributed by atoms with E-state index in [-0.39, 0.29) is 31.4 Å². The third kappa shape index (κ3) is 5.73. The van der Waals surface area contributed by atoms with Crippen molar-refractivity contribution in [3.8, 4) is 11.8 Å². The maximum atomic E-state index is 13.0. The Kier molecular flexibility index (Phi) is 7.60. The van der Waals surface area contributed by atoms with Crippen molar-refractivity contribution in [2.75, 3.05) is 23.4 Å². The SMILES string of the molecule is Cc1ccc(N(CCC#N)C(=O)COc2ccccc2C(=O)Nc2ccccc2)cc1C. The molecule has 0 fully saturated rings. The molecule has 0 spiro atoms. The lowest BCUT2D eigenvalue weighted by Gasteiger charge is -2.23. The topological polar surface area (TPSA) is 82.4 Å². The van der Waals surface area contributed by atoms with Gasteiger partial charge in [0.25, 0.3) is 11.8 Å². The molecule has 6 nitrogen and oxygen atoms in total. The van der Waals surface area contributed by atoms with E-state index in [0.717, 1.165) is 11.1 Å². The summed E-state index contributed by atoms with van der Waals surface area (Å²) >= 11 is 0. The molecule has 0 unspecified atom stereocenters. The van der Waals surface area contributed by atoms with Crippen molar-refractivity contribution in [2.45, 2.75) is 20.3 Å². The Hall–Kier alpha value is -4.11. The van der Waals surface area contributed by atoms with E-state index >= 15 is 0 Å². The lowest BCUT2D eigenvalue weighted by atomic mass is 10.1. The van der Waals surface area contributed by atoms with Crippen LogP contribution in [0, 0.1) is 25.2 Å². The number of para-hydroxylation sites is 2. The summed E-state index contributed by atoms with van der Waals surface area (Å²) in [6.07, 6.45) is 0.203. The number of anilines is 2. The second-order valence-corrected chi connectivity index (χ2v) is 7.33. The summed E-state index contributed by atoms with van der Waals surface area (Å²) in [6.45, 7) is 3.98. The molecular weight excluding hydrogens is 402 g/mol. The fourth-order valence-corrected chi connectivity index (χ4v) is 3.17. The number of nitriles is 1. The third-order valence-electron chi connectivity index (χ3n) is 5.06. The minimum absolute atomic E-state index is 0.203. The predicted octanol–water partition coefficient (Wildman–Crippen LogP) is 4.88. The molecule has 3 aromatic rings. The molecule has 0 aliphatic heterocycles. The van der Waals surface area contributed by atoms with Crippen LogP contribution in [0.15, 0.2) is 72.8 Å². The molecule has 0 atom stereocenters. The highest BCUT2D eigenvalue weighted by atomic mass is 16.5. The van der Waals surface area contributed by atoms with Gasteiger partial charge in [0.1, 0.15) is 5.75 Å². The summed E-state index contributed by atoms with van der Waals surface area (Å²) in [5.74, 6) is -0.300. The van der Waals surface area contributed by atoms with Crippen molar-refractivity contribution in [1.82, 2.24) is 0 Å². The Morgan fingerprint density at radius 1 is 0.969 bits per heavy atom. The molecule has 3 aromatic carbocycles. The largest absolute Gasteiger partial charge is 0.483 e. The maximum Gasteiger partial charge on any atom is 0.264 e. The van der Waals surface area contributed by atoms with Crippen molar-refractivity contribution in [1.29, 1.82) is 5.26 Å². The van der Waals surface area contributed by atoms with E-state index < -0.39 is 0 Å². The second-order valence-electron chi connectivity index (χ2n) is 7.33. The van der Waals surface area contributed by atoms with Crippen LogP contribution in [-0.2, 0) is 4.79 Å². The van der Waals surface area contributed by atoms with Gasteiger partial charge in [-0.1, -0.05) is 36.4 Å². The highest BCUT2D eigenvalue weighted by Crippen LogP contribution is 2.22. The number of nitrogens with one attached hydrogen (secondary N) is 1. The molecule has 2 amide bonds. The van der Waals surface area contributed by atoms with Gasteiger partial charge in [-0.2, -0.15) is 5.26 Å². The number of carbonyl (C=O) groups excluding carboxylic acids is 2. The van der Waals surface area contributed by atoms with E-state index in [4.69, 9.17) is 10.00 Å². The van der Waals surface area contributed by atoms with E-state index in [1.165, 1.54) is 0 Å². The van der Waals surface area contributed by atoms with Gasteiger partial charge in [0, 0.05) is 17.9 Å². The van der Waals surface area contributed by atoms with Gasteiger partial charge in [0.2, 0.25) is 0 Å². The Labute approximate surface area is 188 Å². The summed E-state index contributed by atoms with van der Waals surface area (Å²) in [5, 5.41) is 11.8.